The lowest BCUT2D eigenvalue weighted by Gasteiger charge is -2.32. The van der Waals surface area contributed by atoms with Crippen LogP contribution in [-0.4, -0.2) is 47.3 Å². The van der Waals surface area contributed by atoms with Crippen LogP contribution < -0.4 is 15.2 Å². The van der Waals surface area contributed by atoms with Crippen molar-refractivity contribution in [2.45, 2.75) is 38.7 Å². The van der Waals surface area contributed by atoms with E-state index in [1.54, 1.807) is 17.9 Å². The predicted octanol–water partition coefficient (Wildman–Crippen LogP) is 4.18. The van der Waals surface area contributed by atoms with Gasteiger partial charge in [0, 0.05) is 30.4 Å². The second-order valence-electron chi connectivity index (χ2n) is 7.34. The molecular formula is C21H22BrClF3N3O4. The van der Waals surface area contributed by atoms with Crippen molar-refractivity contribution in [2.75, 3.05) is 13.1 Å². The van der Waals surface area contributed by atoms with Gasteiger partial charge in [-0.15, -0.1) is 25.6 Å². The summed E-state index contributed by atoms with van der Waals surface area (Å²) in [5, 5.41) is 0. The van der Waals surface area contributed by atoms with E-state index in [2.05, 4.69) is 25.7 Å². The SMILES string of the molecule is Cc1nc(OC2CCN(C(=O)Cc3ccc(OC(F)(F)F)cc3)CC2)c(C(N)=O)cc1Br.Cl. The summed E-state index contributed by atoms with van der Waals surface area (Å²) < 4.78 is 47.1. The lowest BCUT2D eigenvalue weighted by atomic mass is 10.1. The Hall–Kier alpha value is -2.53. The topological polar surface area (TPSA) is 94.8 Å². The third-order valence-electron chi connectivity index (χ3n) is 4.97. The van der Waals surface area contributed by atoms with E-state index in [-0.39, 0.29) is 48.0 Å². The monoisotopic (exact) mass is 551 g/mol. The number of amides is 2. The summed E-state index contributed by atoms with van der Waals surface area (Å²) in [5.74, 6) is -0.946. The Morgan fingerprint density at radius 1 is 1.21 bits per heavy atom. The van der Waals surface area contributed by atoms with Crippen LogP contribution in [0.1, 0.15) is 34.5 Å². The second kappa shape index (κ2) is 11.1. The summed E-state index contributed by atoms with van der Waals surface area (Å²) in [4.78, 5) is 30.2. The van der Waals surface area contributed by atoms with Gasteiger partial charge in [-0.05, 0) is 46.6 Å². The molecule has 0 aliphatic carbocycles. The van der Waals surface area contributed by atoms with Crippen molar-refractivity contribution in [3.63, 3.8) is 0 Å². The van der Waals surface area contributed by atoms with Crippen LogP contribution in [0.2, 0.25) is 0 Å². The number of benzene rings is 1. The molecule has 1 fully saturated rings. The van der Waals surface area contributed by atoms with E-state index in [9.17, 15) is 22.8 Å². The number of carbonyl (C=O) groups excluding carboxylic acids is 2. The van der Waals surface area contributed by atoms with Crippen LogP contribution in [-0.2, 0) is 11.2 Å². The molecule has 0 bridgehead atoms. The third-order valence-corrected chi connectivity index (χ3v) is 5.77. The fourth-order valence-corrected chi connectivity index (χ4v) is 3.62. The Morgan fingerprint density at radius 3 is 2.36 bits per heavy atom. The average Bonchev–Trinajstić information content (AvgIpc) is 2.71. The average molecular weight is 553 g/mol. The highest BCUT2D eigenvalue weighted by Crippen LogP contribution is 2.27. The number of nitrogens with zero attached hydrogens (tertiary/aromatic N) is 2. The third kappa shape index (κ3) is 7.50. The number of hydrogen-bond acceptors (Lipinski definition) is 5. The molecule has 0 spiro atoms. The minimum atomic E-state index is -4.76. The smallest absolute Gasteiger partial charge is 0.474 e. The van der Waals surface area contributed by atoms with Gasteiger partial charge in [0.05, 0.1) is 12.1 Å². The summed E-state index contributed by atoms with van der Waals surface area (Å²) >= 11 is 3.31. The van der Waals surface area contributed by atoms with Crippen LogP contribution in [0.15, 0.2) is 34.8 Å². The number of hydrogen-bond donors (Lipinski definition) is 1. The zero-order valence-corrected chi connectivity index (χ0v) is 19.9. The van der Waals surface area contributed by atoms with Crippen LogP contribution in [0.4, 0.5) is 13.2 Å². The number of likely N-dealkylation sites (tertiary alicyclic amines) is 1. The molecule has 1 aromatic carbocycles. The van der Waals surface area contributed by atoms with Gasteiger partial charge in [-0.3, -0.25) is 9.59 Å². The Kier molecular flexibility index (Phi) is 8.96. The second-order valence-corrected chi connectivity index (χ2v) is 8.19. The summed E-state index contributed by atoms with van der Waals surface area (Å²) in [6, 6.07) is 6.80. The summed E-state index contributed by atoms with van der Waals surface area (Å²) in [5.41, 5.74) is 6.84. The maximum absolute atomic E-state index is 12.6. The van der Waals surface area contributed by atoms with E-state index in [0.29, 0.717) is 41.7 Å². The molecular weight excluding hydrogens is 531 g/mol. The summed E-state index contributed by atoms with van der Waals surface area (Å²) in [7, 11) is 0. The van der Waals surface area contributed by atoms with Crippen LogP contribution in [0.25, 0.3) is 0 Å². The molecule has 0 radical (unpaired) electrons. The molecule has 0 atom stereocenters. The molecule has 1 aromatic heterocycles. The van der Waals surface area contributed by atoms with E-state index in [0.717, 1.165) is 0 Å². The normalized spacial score (nSPS) is 14.4. The Labute approximate surface area is 203 Å². The summed E-state index contributed by atoms with van der Waals surface area (Å²) in [6.07, 6.45) is -3.84. The van der Waals surface area contributed by atoms with Crippen molar-refractivity contribution in [3.05, 3.63) is 51.6 Å². The first-order valence-corrected chi connectivity index (χ1v) is 10.6. The lowest BCUT2D eigenvalue weighted by molar-refractivity contribution is -0.274. The number of carbonyl (C=O) groups is 2. The van der Waals surface area contributed by atoms with Crippen LogP contribution in [0, 0.1) is 6.92 Å². The summed E-state index contributed by atoms with van der Waals surface area (Å²) in [6.45, 7) is 2.66. The molecule has 3 rings (SSSR count). The quantitative estimate of drug-likeness (QED) is 0.580. The number of aromatic nitrogens is 1. The number of nitrogens with two attached hydrogens (primary N) is 1. The van der Waals surface area contributed by atoms with Gasteiger partial charge < -0.3 is 20.1 Å². The Balaban J connectivity index is 0.00000385. The van der Waals surface area contributed by atoms with Gasteiger partial charge in [-0.1, -0.05) is 12.1 Å². The molecule has 2 N–H and O–H groups in total. The highest BCUT2D eigenvalue weighted by molar-refractivity contribution is 9.10. The molecule has 2 heterocycles. The highest BCUT2D eigenvalue weighted by Gasteiger charge is 2.31. The van der Waals surface area contributed by atoms with E-state index in [1.807, 2.05) is 0 Å². The predicted molar refractivity (Wildman–Crippen MR) is 119 cm³/mol. The molecule has 1 saturated heterocycles. The molecule has 0 saturated carbocycles. The number of piperidine rings is 1. The van der Waals surface area contributed by atoms with Crippen molar-refractivity contribution < 1.29 is 32.2 Å². The van der Waals surface area contributed by atoms with Gasteiger partial charge in [-0.25, -0.2) is 4.98 Å². The van der Waals surface area contributed by atoms with Crippen molar-refractivity contribution in [2.24, 2.45) is 5.73 Å². The van der Waals surface area contributed by atoms with Crippen molar-refractivity contribution >= 4 is 40.2 Å². The Morgan fingerprint density at radius 2 is 1.82 bits per heavy atom. The minimum absolute atomic E-state index is 0. The Bertz CT molecular complexity index is 997. The number of rotatable bonds is 6. The highest BCUT2D eigenvalue weighted by atomic mass is 79.9. The number of alkyl halides is 3. The molecule has 12 heteroatoms. The molecule has 1 aliphatic rings. The number of primary amides is 1. The number of halogens is 5. The van der Waals surface area contributed by atoms with Gasteiger partial charge in [-0.2, -0.15) is 0 Å². The standard InChI is InChI=1S/C21H21BrF3N3O4.ClH/c1-12-17(22)11-16(19(26)30)20(27-12)31-14-6-8-28(9-7-14)18(29)10-13-2-4-15(5-3-13)32-21(23,24)25;/h2-5,11,14H,6-10H2,1H3,(H2,26,30);1H. The molecule has 2 amide bonds. The van der Waals surface area contributed by atoms with Crippen molar-refractivity contribution in [1.82, 2.24) is 9.88 Å². The minimum Gasteiger partial charge on any atom is -0.474 e. The molecule has 0 unspecified atom stereocenters. The van der Waals surface area contributed by atoms with E-state index in [4.69, 9.17) is 10.5 Å². The van der Waals surface area contributed by atoms with Gasteiger partial charge in [0.2, 0.25) is 11.8 Å². The molecule has 1 aliphatic heterocycles. The van der Waals surface area contributed by atoms with E-state index < -0.39 is 12.3 Å². The van der Waals surface area contributed by atoms with Gasteiger partial charge in [0.25, 0.3) is 5.91 Å². The first-order chi connectivity index (χ1) is 15.0. The fraction of sp³-hybridized carbons (Fsp3) is 0.381. The van der Waals surface area contributed by atoms with Gasteiger partial charge >= 0.3 is 6.36 Å². The molecule has 33 heavy (non-hydrogen) atoms. The maximum atomic E-state index is 12.6. The molecule has 7 nitrogen and oxygen atoms in total. The number of aryl methyl sites for hydroxylation is 1. The zero-order valence-electron chi connectivity index (χ0n) is 17.5. The van der Waals surface area contributed by atoms with Crippen LogP contribution in [0.5, 0.6) is 11.6 Å². The largest absolute Gasteiger partial charge is 0.573 e. The maximum Gasteiger partial charge on any atom is 0.573 e. The molecule has 180 valence electrons. The van der Waals surface area contributed by atoms with E-state index in [1.165, 1.54) is 24.3 Å². The van der Waals surface area contributed by atoms with Crippen LogP contribution >= 0.6 is 28.3 Å². The number of ether oxygens (including phenoxy) is 2. The zero-order chi connectivity index (χ0) is 23.5. The van der Waals surface area contributed by atoms with Crippen LogP contribution in [0.3, 0.4) is 0 Å². The van der Waals surface area contributed by atoms with Gasteiger partial charge in [0.15, 0.2) is 0 Å². The lowest BCUT2D eigenvalue weighted by Crippen LogP contribution is -2.42. The molecule has 2 aromatic rings. The van der Waals surface area contributed by atoms with E-state index >= 15 is 0 Å². The van der Waals surface area contributed by atoms with Crippen molar-refractivity contribution in [1.29, 1.82) is 0 Å². The first-order valence-electron chi connectivity index (χ1n) is 9.78. The first kappa shape index (κ1) is 26.7. The van der Waals surface area contributed by atoms with Gasteiger partial charge in [0.1, 0.15) is 17.4 Å². The number of pyridine rings is 1. The van der Waals surface area contributed by atoms with Crippen molar-refractivity contribution in [3.8, 4) is 11.6 Å². The fourth-order valence-electron chi connectivity index (χ4n) is 3.30.